The molecule has 6 rings (SSSR count). The summed E-state index contributed by atoms with van der Waals surface area (Å²) in [5, 5.41) is 20.3. The number of primary amides is 1. The number of imide groups is 1. The van der Waals surface area contributed by atoms with Crippen LogP contribution in [0.3, 0.4) is 0 Å². The van der Waals surface area contributed by atoms with Crippen molar-refractivity contribution in [2.75, 3.05) is 36.4 Å². The Morgan fingerprint density at radius 3 is 2.32 bits per heavy atom. The number of fused-ring (bicyclic) bond motifs is 1. The number of benzene rings is 2. The third kappa shape index (κ3) is 13.0. The molecule has 3 atom stereocenters. The molecule has 7 N–H and O–H groups in total. The number of carboxylic acids is 1. The molecule has 3 heterocycles. The SMILES string of the molecule is CC(C)[C@H](NC(=O)CCCCCN1C(=O)C=CC1=O)C(=O)C[C@@H](CCCNC(N)=O)C(=O)Nc1ccc(COC(=O)NC2CCN(c3c(F)cc4c(=O)c(C(=O)O)cn(C5CC5)c4c3Cl)C2)cc1. The Morgan fingerprint density at radius 1 is 0.971 bits per heavy atom. The standard InChI is InChI=1S/C47H56ClFN8O11/c1-26(2)40(54-36(59)8-4-3-5-19-56-37(60)15-16-38(56)61)35(58)21-28(7-6-18-51-46(50)66)44(63)52-29-11-9-27(10-12-29)25-68-47(67)53-30-17-20-55(23-30)42-34(49)22-32-41(39(42)48)57(31-13-14-31)24-33(43(32)62)45(64)65/h9-12,15-16,22,24,26,28,30-31,40H,3-8,13-14,17-21,23,25H2,1-2H3,(H,52,63)(H,53,67)(H,54,59)(H,64,65)(H3,50,51,66)/t28-,30?,40+/m1/s1. The number of nitrogens with one attached hydrogen (secondary N) is 4. The molecule has 1 aliphatic carbocycles. The normalized spacial score (nSPS) is 16.5. The fraction of sp³-hybridized carbons (Fsp3) is 0.468. The maximum absolute atomic E-state index is 15.6. The van der Waals surface area contributed by atoms with Crippen LogP contribution in [0.2, 0.25) is 5.02 Å². The van der Waals surface area contributed by atoms with Gasteiger partial charge in [0.05, 0.1) is 33.7 Å². The van der Waals surface area contributed by atoms with E-state index in [1.807, 2.05) is 0 Å². The van der Waals surface area contributed by atoms with Crippen LogP contribution < -0.4 is 37.3 Å². The van der Waals surface area contributed by atoms with Gasteiger partial charge in [-0.25, -0.2) is 18.8 Å². The number of hydrogen-bond acceptors (Lipinski definition) is 11. The van der Waals surface area contributed by atoms with Gasteiger partial charge in [-0.15, -0.1) is 0 Å². The van der Waals surface area contributed by atoms with E-state index < -0.39 is 58.8 Å². The molecule has 1 aromatic heterocycles. The third-order valence-electron chi connectivity index (χ3n) is 12.1. The molecule has 2 aromatic carbocycles. The van der Waals surface area contributed by atoms with E-state index in [1.54, 1.807) is 47.6 Å². The van der Waals surface area contributed by atoms with E-state index in [4.69, 9.17) is 22.1 Å². The van der Waals surface area contributed by atoms with Gasteiger partial charge in [-0.3, -0.25) is 33.7 Å². The minimum Gasteiger partial charge on any atom is -0.477 e. The van der Waals surface area contributed by atoms with Crippen LogP contribution >= 0.6 is 11.6 Å². The molecule has 68 heavy (non-hydrogen) atoms. The monoisotopic (exact) mass is 962 g/mol. The number of urea groups is 1. The van der Waals surface area contributed by atoms with E-state index in [0.717, 1.165) is 23.8 Å². The average molecular weight is 963 g/mol. The van der Waals surface area contributed by atoms with Crippen molar-refractivity contribution in [2.45, 2.75) is 103 Å². The topological polar surface area (TPSA) is 269 Å². The number of Topliss-reactive ketones (excluding diaryl/α,β-unsaturated/α-hetero) is 1. The fourth-order valence-electron chi connectivity index (χ4n) is 8.39. The molecule has 7 amide bonds. The van der Waals surface area contributed by atoms with E-state index in [-0.39, 0.29) is 103 Å². The van der Waals surface area contributed by atoms with Crippen molar-refractivity contribution in [3.8, 4) is 0 Å². The van der Waals surface area contributed by atoms with E-state index in [1.165, 1.54) is 18.3 Å². The van der Waals surface area contributed by atoms with E-state index in [9.17, 15) is 48.3 Å². The first kappa shape index (κ1) is 50.6. The summed E-state index contributed by atoms with van der Waals surface area (Å²) in [6.45, 7) is 4.39. The van der Waals surface area contributed by atoms with Crippen molar-refractivity contribution in [1.29, 1.82) is 0 Å². The number of hydrogen-bond donors (Lipinski definition) is 6. The third-order valence-corrected chi connectivity index (χ3v) is 12.5. The summed E-state index contributed by atoms with van der Waals surface area (Å²) in [7, 11) is 0. The van der Waals surface area contributed by atoms with Gasteiger partial charge in [0.15, 0.2) is 5.78 Å². The number of amides is 7. The molecule has 364 valence electrons. The molecule has 0 bridgehead atoms. The van der Waals surface area contributed by atoms with Crippen LogP contribution in [0.1, 0.15) is 100 Å². The molecule has 2 aliphatic heterocycles. The molecule has 19 nitrogen and oxygen atoms in total. The molecule has 21 heteroatoms. The Labute approximate surface area is 395 Å². The minimum atomic E-state index is -1.41. The number of halogens is 2. The lowest BCUT2D eigenvalue weighted by Crippen LogP contribution is -2.45. The zero-order chi connectivity index (χ0) is 49.2. The van der Waals surface area contributed by atoms with Crippen molar-refractivity contribution in [3.63, 3.8) is 0 Å². The second kappa shape index (κ2) is 22.8. The number of nitrogens with zero attached hydrogens (tertiary/aromatic N) is 3. The molecule has 3 aliphatic rings. The summed E-state index contributed by atoms with van der Waals surface area (Å²) in [5.74, 6) is -5.18. The summed E-state index contributed by atoms with van der Waals surface area (Å²) in [5.41, 5.74) is 5.22. The number of aromatic carboxylic acids is 1. The maximum atomic E-state index is 15.6. The number of carboxylic acid groups (broad SMARTS) is 1. The number of anilines is 2. The summed E-state index contributed by atoms with van der Waals surface area (Å²) in [4.78, 5) is 115. The summed E-state index contributed by atoms with van der Waals surface area (Å²) < 4.78 is 22.7. The number of alkyl carbamates (subject to hydrolysis) is 1. The predicted octanol–water partition coefficient (Wildman–Crippen LogP) is 4.92. The van der Waals surface area contributed by atoms with Crippen molar-refractivity contribution in [2.24, 2.45) is 17.6 Å². The van der Waals surface area contributed by atoms with Gasteiger partial charge in [0.1, 0.15) is 18.0 Å². The van der Waals surface area contributed by atoms with Crippen LogP contribution in [0.15, 0.2) is 53.5 Å². The first-order valence-electron chi connectivity index (χ1n) is 22.7. The van der Waals surface area contributed by atoms with Crippen LogP contribution in [0.25, 0.3) is 10.9 Å². The lowest BCUT2D eigenvalue weighted by atomic mass is 9.89. The van der Waals surface area contributed by atoms with Gasteiger partial charge >= 0.3 is 18.1 Å². The molecular formula is C47H56ClFN8O11. The van der Waals surface area contributed by atoms with Crippen LogP contribution in [0, 0.1) is 17.7 Å². The van der Waals surface area contributed by atoms with Gasteiger partial charge in [-0.2, -0.15) is 0 Å². The smallest absolute Gasteiger partial charge is 0.407 e. The number of carbonyl (C=O) groups excluding carboxylic acids is 7. The second-order valence-corrected chi connectivity index (χ2v) is 18.0. The summed E-state index contributed by atoms with van der Waals surface area (Å²) in [6, 6.07) is 5.44. The number of ether oxygens (including phenoxy) is 1. The first-order chi connectivity index (χ1) is 32.4. The quantitative estimate of drug-likeness (QED) is 0.0546. The van der Waals surface area contributed by atoms with Crippen LogP contribution in [-0.4, -0.2) is 100 Å². The number of nitrogens with two attached hydrogens (primary N) is 1. The second-order valence-electron chi connectivity index (χ2n) is 17.6. The highest BCUT2D eigenvalue weighted by atomic mass is 35.5. The van der Waals surface area contributed by atoms with Gasteiger partial charge in [0.25, 0.3) is 11.8 Å². The summed E-state index contributed by atoms with van der Waals surface area (Å²) >= 11 is 6.78. The Balaban J connectivity index is 0.987. The molecule has 3 aromatic rings. The Hall–Kier alpha value is -6.83. The zero-order valence-electron chi connectivity index (χ0n) is 37.8. The van der Waals surface area contributed by atoms with Crippen molar-refractivity contribution in [1.82, 2.24) is 25.4 Å². The van der Waals surface area contributed by atoms with Crippen LogP contribution in [-0.2, 0) is 35.3 Å². The highest BCUT2D eigenvalue weighted by molar-refractivity contribution is 6.38. The number of pyridine rings is 1. The zero-order valence-corrected chi connectivity index (χ0v) is 38.6. The van der Waals surface area contributed by atoms with Gasteiger partial charge in [-0.1, -0.05) is 44.0 Å². The first-order valence-corrected chi connectivity index (χ1v) is 23.1. The van der Waals surface area contributed by atoms with Crippen molar-refractivity contribution < 1.29 is 52.6 Å². The molecule has 0 spiro atoms. The lowest BCUT2D eigenvalue weighted by Gasteiger charge is -2.24. The average Bonchev–Trinajstić information content (AvgIpc) is 3.96. The highest BCUT2D eigenvalue weighted by Crippen LogP contribution is 2.42. The van der Waals surface area contributed by atoms with E-state index in [2.05, 4.69) is 21.3 Å². The highest BCUT2D eigenvalue weighted by Gasteiger charge is 2.34. The summed E-state index contributed by atoms with van der Waals surface area (Å²) in [6.07, 6.45) is 7.00. The molecule has 1 saturated heterocycles. The lowest BCUT2D eigenvalue weighted by molar-refractivity contribution is -0.137. The molecule has 0 radical (unpaired) electrons. The number of unbranched alkanes of at least 4 members (excludes halogenated alkanes) is 2. The molecule has 1 saturated carbocycles. The van der Waals surface area contributed by atoms with E-state index in [0.29, 0.717) is 49.9 Å². The van der Waals surface area contributed by atoms with Crippen LogP contribution in [0.4, 0.5) is 25.4 Å². The number of aromatic nitrogens is 1. The molecule has 1 unspecified atom stereocenters. The van der Waals surface area contributed by atoms with Crippen LogP contribution in [0.5, 0.6) is 0 Å². The largest absolute Gasteiger partial charge is 0.477 e. The number of carbonyl (C=O) groups is 8. The van der Waals surface area contributed by atoms with Gasteiger partial charge < -0.3 is 46.3 Å². The van der Waals surface area contributed by atoms with Crippen molar-refractivity contribution in [3.05, 3.63) is 80.9 Å². The Bertz CT molecular complexity index is 2530. The number of ketones is 1. The minimum absolute atomic E-state index is 0.0145. The van der Waals surface area contributed by atoms with Gasteiger partial charge in [0.2, 0.25) is 17.2 Å². The maximum Gasteiger partial charge on any atom is 0.407 e. The number of rotatable bonds is 23. The Morgan fingerprint density at radius 2 is 1.68 bits per heavy atom. The molecular weight excluding hydrogens is 907 g/mol. The van der Waals surface area contributed by atoms with Gasteiger partial charge in [0, 0.05) is 75.0 Å². The van der Waals surface area contributed by atoms with Crippen molar-refractivity contribution >= 4 is 81.4 Å². The van der Waals surface area contributed by atoms with Gasteiger partial charge in [-0.05, 0) is 74.6 Å². The Kier molecular flexibility index (Phi) is 16.9. The van der Waals surface area contributed by atoms with E-state index >= 15 is 4.39 Å². The predicted molar refractivity (Wildman–Crippen MR) is 248 cm³/mol. The fourth-order valence-corrected chi connectivity index (χ4v) is 8.79. The molecule has 2 fully saturated rings.